The van der Waals surface area contributed by atoms with Gasteiger partial charge in [0.1, 0.15) is 5.82 Å². The number of anilines is 1. The number of rotatable bonds is 3. The van der Waals surface area contributed by atoms with E-state index in [1.54, 1.807) is 0 Å². The third kappa shape index (κ3) is 1.58. The molecule has 14 heavy (non-hydrogen) atoms. The lowest BCUT2D eigenvalue weighted by atomic mass is 10.1. The summed E-state index contributed by atoms with van der Waals surface area (Å²) in [4.78, 5) is 7.56. The van der Waals surface area contributed by atoms with Gasteiger partial charge in [-0.25, -0.2) is 4.98 Å². The van der Waals surface area contributed by atoms with E-state index in [0.29, 0.717) is 5.82 Å². The number of nitrogens with zero attached hydrogens (tertiary/aromatic N) is 1. The second-order valence-corrected chi connectivity index (χ2v) is 3.54. The van der Waals surface area contributed by atoms with Gasteiger partial charge in [-0.2, -0.15) is 0 Å². The Hall–Kier alpha value is -1.51. The Morgan fingerprint density at radius 1 is 1.50 bits per heavy atom. The van der Waals surface area contributed by atoms with Crippen molar-refractivity contribution in [1.82, 2.24) is 9.97 Å². The van der Waals surface area contributed by atoms with Gasteiger partial charge in [0.05, 0.1) is 11.2 Å². The van der Waals surface area contributed by atoms with Crippen LogP contribution in [-0.4, -0.2) is 9.97 Å². The number of hydrogen-bond donors (Lipinski definition) is 2. The summed E-state index contributed by atoms with van der Waals surface area (Å²) in [7, 11) is 0. The molecule has 3 N–H and O–H groups in total. The summed E-state index contributed by atoms with van der Waals surface area (Å²) in [5.74, 6) is 0.614. The molecule has 2 aromatic rings. The molecule has 0 bridgehead atoms. The molecule has 0 spiro atoms. The normalized spacial score (nSPS) is 10.9. The van der Waals surface area contributed by atoms with Crippen molar-refractivity contribution < 1.29 is 0 Å². The minimum absolute atomic E-state index is 0.614. The number of pyridine rings is 1. The predicted octanol–water partition coefficient (Wildman–Crippen LogP) is 2.49. The maximum Gasteiger partial charge on any atom is 0.124 e. The molecular formula is C11H15N3. The number of nitrogens with one attached hydrogen (secondary N) is 1. The Morgan fingerprint density at radius 3 is 3.14 bits per heavy atom. The molecule has 3 nitrogen and oxygen atoms in total. The van der Waals surface area contributed by atoms with E-state index in [2.05, 4.69) is 16.9 Å². The summed E-state index contributed by atoms with van der Waals surface area (Å²) < 4.78 is 0. The van der Waals surface area contributed by atoms with Crippen molar-refractivity contribution in [3.8, 4) is 0 Å². The summed E-state index contributed by atoms with van der Waals surface area (Å²) in [6.45, 7) is 2.18. The monoisotopic (exact) mass is 189 g/mol. The van der Waals surface area contributed by atoms with Crippen LogP contribution in [0.15, 0.2) is 18.3 Å². The third-order valence-corrected chi connectivity index (χ3v) is 2.40. The molecule has 2 rings (SSSR count). The zero-order valence-electron chi connectivity index (χ0n) is 8.38. The lowest BCUT2D eigenvalue weighted by Crippen LogP contribution is -1.97. The molecule has 2 heterocycles. The van der Waals surface area contributed by atoms with Crippen LogP contribution in [0.5, 0.6) is 0 Å². The maximum atomic E-state index is 5.73. The number of nitrogens with two attached hydrogens (primary N) is 1. The molecule has 0 aliphatic rings. The van der Waals surface area contributed by atoms with Crippen LogP contribution in [0, 0.1) is 0 Å². The first-order valence-corrected chi connectivity index (χ1v) is 5.03. The van der Waals surface area contributed by atoms with Crippen LogP contribution in [0.25, 0.3) is 10.9 Å². The van der Waals surface area contributed by atoms with E-state index in [0.717, 1.165) is 29.4 Å². The average molecular weight is 189 g/mol. The van der Waals surface area contributed by atoms with E-state index in [4.69, 9.17) is 5.73 Å². The van der Waals surface area contributed by atoms with Crippen LogP contribution in [-0.2, 0) is 6.42 Å². The van der Waals surface area contributed by atoms with E-state index in [1.807, 2.05) is 18.3 Å². The van der Waals surface area contributed by atoms with E-state index in [9.17, 15) is 0 Å². The first kappa shape index (κ1) is 9.06. The summed E-state index contributed by atoms with van der Waals surface area (Å²) in [6.07, 6.45) is 5.27. The molecule has 0 atom stereocenters. The van der Waals surface area contributed by atoms with E-state index in [-0.39, 0.29) is 0 Å². The van der Waals surface area contributed by atoms with Gasteiger partial charge in [0.15, 0.2) is 0 Å². The molecule has 0 aliphatic heterocycles. The van der Waals surface area contributed by atoms with Crippen LogP contribution in [0.2, 0.25) is 0 Å². The number of hydrogen-bond acceptors (Lipinski definition) is 2. The first-order chi connectivity index (χ1) is 6.81. The highest BCUT2D eigenvalue weighted by molar-refractivity contribution is 5.83. The molecule has 0 aromatic carbocycles. The van der Waals surface area contributed by atoms with Crippen LogP contribution < -0.4 is 5.73 Å². The second-order valence-electron chi connectivity index (χ2n) is 3.54. The van der Waals surface area contributed by atoms with E-state index >= 15 is 0 Å². The lowest BCUT2D eigenvalue weighted by molar-refractivity contribution is 0.782. The van der Waals surface area contributed by atoms with Crippen molar-refractivity contribution >= 4 is 16.7 Å². The largest absolute Gasteiger partial charge is 0.384 e. The average Bonchev–Trinajstić information content (AvgIpc) is 2.61. The molecule has 0 radical (unpaired) electrons. The zero-order valence-corrected chi connectivity index (χ0v) is 8.38. The molecule has 0 unspecified atom stereocenters. The van der Waals surface area contributed by atoms with Gasteiger partial charge in [-0.1, -0.05) is 13.3 Å². The minimum Gasteiger partial charge on any atom is -0.384 e. The van der Waals surface area contributed by atoms with Gasteiger partial charge in [-0.3, -0.25) is 0 Å². The van der Waals surface area contributed by atoms with Gasteiger partial charge in [0.25, 0.3) is 0 Å². The number of aryl methyl sites for hydroxylation is 1. The quantitative estimate of drug-likeness (QED) is 0.779. The zero-order chi connectivity index (χ0) is 9.97. The van der Waals surface area contributed by atoms with Crippen molar-refractivity contribution in [3.63, 3.8) is 0 Å². The van der Waals surface area contributed by atoms with Crippen molar-refractivity contribution in [3.05, 3.63) is 24.0 Å². The van der Waals surface area contributed by atoms with Crippen molar-refractivity contribution in [2.45, 2.75) is 26.2 Å². The Morgan fingerprint density at radius 2 is 2.36 bits per heavy atom. The highest BCUT2D eigenvalue weighted by Gasteiger charge is 2.04. The van der Waals surface area contributed by atoms with Crippen molar-refractivity contribution in [2.75, 3.05) is 5.73 Å². The number of aromatic nitrogens is 2. The van der Waals surface area contributed by atoms with Gasteiger partial charge < -0.3 is 10.7 Å². The molecule has 0 saturated heterocycles. The molecule has 0 amide bonds. The van der Waals surface area contributed by atoms with Crippen molar-refractivity contribution in [2.24, 2.45) is 0 Å². The minimum atomic E-state index is 0.614. The van der Waals surface area contributed by atoms with Gasteiger partial charge in [0, 0.05) is 11.6 Å². The van der Waals surface area contributed by atoms with Crippen LogP contribution >= 0.6 is 0 Å². The fraction of sp³-hybridized carbons (Fsp3) is 0.364. The molecule has 2 aromatic heterocycles. The molecular weight excluding hydrogens is 174 g/mol. The van der Waals surface area contributed by atoms with Gasteiger partial charge in [0.2, 0.25) is 0 Å². The summed E-state index contributed by atoms with van der Waals surface area (Å²) >= 11 is 0. The second kappa shape index (κ2) is 3.70. The van der Waals surface area contributed by atoms with E-state index < -0.39 is 0 Å². The molecule has 0 aliphatic carbocycles. The Balaban J connectivity index is 2.44. The van der Waals surface area contributed by atoms with Gasteiger partial charge in [-0.05, 0) is 25.0 Å². The first-order valence-electron chi connectivity index (χ1n) is 5.03. The smallest absolute Gasteiger partial charge is 0.124 e. The summed E-state index contributed by atoms with van der Waals surface area (Å²) in [5.41, 5.74) is 7.95. The van der Waals surface area contributed by atoms with Gasteiger partial charge >= 0.3 is 0 Å². The molecule has 0 fully saturated rings. The highest BCUT2D eigenvalue weighted by atomic mass is 14.9. The van der Waals surface area contributed by atoms with E-state index in [1.165, 1.54) is 6.42 Å². The molecule has 0 saturated carbocycles. The fourth-order valence-corrected chi connectivity index (χ4v) is 1.68. The predicted molar refractivity (Wildman–Crippen MR) is 59.1 cm³/mol. The van der Waals surface area contributed by atoms with Crippen LogP contribution in [0.1, 0.15) is 25.5 Å². The maximum absolute atomic E-state index is 5.73. The highest BCUT2D eigenvalue weighted by Crippen LogP contribution is 2.19. The summed E-state index contributed by atoms with van der Waals surface area (Å²) in [6, 6.07) is 3.93. The SMILES string of the molecule is CCCCc1nc(N)cc2cc[nH]c12. The number of aromatic amines is 1. The fourth-order valence-electron chi connectivity index (χ4n) is 1.68. The van der Waals surface area contributed by atoms with Crippen molar-refractivity contribution in [1.29, 1.82) is 0 Å². The van der Waals surface area contributed by atoms with Gasteiger partial charge in [-0.15, -0.1) is 0 Å². The molecule has 74 valence electrons. The topological polar surface area (TPSA) is 54.7 Å². The van der Waals surface area contributed by atoms with Crippen LogP contribution in [0.3, 0.4) is 0 Å². The standard InChI is InChI=1S/C11H15N3/c1-2-3-4-9-11-8(5-6-13-11)7-10(12)14-9/h5-7,13H,2-4H2,1H3,(H2,12,14). The Bertz CT molecular complexity index is 431. The third-order valence-electron chi connectivity index (χ3n) is 2.40. The number of fused-ring (bicyclic) bond motifs is 1. The van der Waals surface area contributed by atoms with Crippen LogP contribution in [0.4, 0.5) is 5.82 Å². The summed E-state index contributed by atoms with van der Waals surface area (Å²) in [5, 5.41) is 1.16. The number of nitrogen functional groups attached to an aromatic ring is 1. The number of unbranched alkanes of at least 4 members (excludes halogenated alkanes) is 1. The Kier molecular flexibility index (Phi) is 2.39. The Labute approximate surface area is 83.3 Å². The number of H-pyrrole nitrogens is 1. The lowest BCUT2D eigenvalue weighted by Gasteiger charge is -2.02. The molecule has 3 heteroatoms.